The zero-order valence-electron chi connectivity index (χ0n) is 32.1. The van der Waals surface area contributed by atoms with E-state index in [1.165, 1.54) is 91.6 Å². The molecule has 0 spiro atoms. The van der Waals surface area contributed by atoms with E-state index in [1.54, 1.807) is 0 Å². The van der Waals surface area contributed by atoms with Crippen molar-refractivity contribution >= 4 is 52.3 Å². The molecule has 1 heterocycles. The fraction of sp³-hybridized carbons (Fsp3) is 0.200. The molecule has 54 heavy (non-hydrogen) atoms. The number of benzene rings is 6. The van der Waals surface area contributed by atoms with Crippen LogP contribution in [0.4, 0.5) is 0 Å². The van der Waals surface area contributed by atoms with Gasteiger partial charge in [0, 0.05) is 0 Å². The maximum atomic E-state index is 9.28. The van der Waals surface area contributed by atoms with Crippen molar-refractivity contribution in [3.8, 4) is 33.4 Å². The summed E-state index contributed by atoms with van der Waals surface area (Å²) in [5.41, 5.74) is 18.3. The molecule has 0 nitrogen and oxygen atoms in total. The summed E-state index contributed by atoms with van der Waals surface area (Å²) in [6.45, 7) is 13.9. The van der Waals surface area contributed by atoms with Gasteiger partial charge < -0.3 is 0 Å². The van der Waals surface area contributed by atoms with Crippen LogP contribution in [0.1, 0.15) is 68.3 Å². The van der Waals surface area contributed by atoms with Crippen LogP contribution in [0.15, 0.2) is 139 Å². The minimum absolute atomic E-state index is 0.100. The van der Waals surface area contributed by atoms with Gasteiger partial charge in [-0.1, -0.05) is 0 Å². The standard InChI is InChI=1S/2C19H19.C12H9Si.2ClH.Zr/c2*1-13(2)17-11-16-10-9-14(3)19(18(16)12-17)15-7-5-4-6-8-15;1-3-7-11-9(5-1)10-6-2-4-8-12(10)13-11;;;/h2*4-13H,1-3H3;1-7H,13H2;2*1H;/q;;;;;+2/p-2. The van der Waals surface area contributed by atoms with Crippen LogP contribution in [0.25, 0.3) is 45.5 Å². The van der Waals surface area contributed by atoms with Crippen molar-refractivity contribution in [2.45, 2.75) is 48.8 Å². The van der Waals surface area contributed by atoms with Gasteiger partial charge in [0.15, 0.2) is 0 Å². The summed E-state index contributed by atoms with van der Waals surface area (Å²) in [7, 11) is 17.7. The third-order valence-corrected chi connectivity index (χ3v) is 35.4. The predicted molar refractivity (Wildman–Crippen MR) is 235 cm³/mol. The number of fused-ring (bicyclic) bond motifs is 5. The molecule has 0 amide bonds. The van der Waals surface area contributed by atoms with E-state index >= 15 is 0 Å². The predicted octanol–water partition coefficient (Wildman–Crippen LogP) is 11.9. The fourth-order valence-electron chi connectivity index (χ4n) is 10.4. The molecule has 0 bridgehead atoms. The van der Waals surface area contributed by atoms with Gasteiger partial charge in [-0.05, 0) is 0 Å². The summed E-state index contributed by atoms with van der Waals surface area (Å²) >= 11 is -5.61. The van der Waals surface area contributed by atoms with E-state index < -0.39 is 25.9 Å². The van der Waals surface area contributed by atoms with Crippen molar-refractivity contribution < 1.29 is 16.4 Å². The van der Waals surface area contributed by atoms with Gasteiger partial charge in [0.1, 0.15) is 0 Å². The molecule has 0 saturated heterocycles. The van der Waals surface area contributed by atoms with Crippen LogP contribution in [-0.4, -0.2) is 9.52 Å². The van der Waals surface area contributed by atoms with E-state index in [-0.39, 0.29) is 19.1 Å². The Morgan fingerprint density at radius 1 is 0.519 bits per heavy atom. The third kappa shape index (κ3) is 5.31. The van der Waals surface area contributed by atoms with Crippen molar-refractivity contribution in [1.29, 1.82) is 0 Å². The number of halogens is 2. The summed E-state index contributed by atoms with van der Waals surface area (Å²) in [5.74, 6) is 0.515. The van der Waals surface area contributed by atoms with Crippen molar-refractivity contribution in [3.05, 3.63) is 172 Å². The molecule has 6 aromatic rings. The average molecular weight is 838 g/mol. The third-order valence-electron chi connectivity index (χ3n) is 12.8. The first kappa shape index (κ1) is 36.1. The van der Waals surface area contributed by atoms with Crippen LogP contribution in [0, 0.1) is 25.7 Å². The van der Waals surface area contributed by atoms with Crippen molar-refractivity contribution in [3.63, 3.8) is 0 Å². The summed E-state index contributed by atoms with van der Waals surface area (Å²) in [6, 6.07) is 47.3. The van der Waals surface area contributed by atoms with Crippen LogP contribution >= 0.6 is 17.0 Å². The van der Waals surface area contributed by atoms with Gasteiger partial charge in [-0.2, -0.15) is 0 Å². The normalized spacial score (nSPS) is 18.2. The Hall–Kier alpha value is -3.52. The van der Waals surface area contributed by atoms with Gasteiger partial charge in [-0.3, -0.25) is 0 Å². The van der Waals surface area contributed by atoms with Gasteiger partial charge in [-0.25, -0.2) is 0 Å². The Labute approximate surface area is 332 Å². The van der Waals surface area contributed by atoms with Gasteiger partial charge in [-0.15, -0.1) is 0 Å². The van der Waals surface area contributed by atoms with Gasteiger partial charge in [0.2, 0.25) is 0 Å². The van der Waals surface area contributed by atoms with Crippen LogP contribution in [0.5, 0.6) is 0 Å². The molecule has 3 aliphatic rings. The fourth-order valence-corrected chi connectivity index (χ4v) is 38.6. The van der Waals surface area contributed by atoms with Crippen LogP contribution in [0.3, 0.4) is 0 Å². The first-order valence-electron chi connectivity index (χ1n) is 19.6. The molecule has 0 saturated carbocycles. The Morgan fingerprint density at radius 3 is 1.48 bits per heavy atom. The minimum atomic E-state index is -5.61. The number of hydrogen-bond acceptors (Lipinski definition) is 0. The summed E-state index contributed by atoms with van der Waals surface area (Å²) < 4.78 is 1.09. The van der Waals surface area contributed by atoms with Crippen LogP contribution < -0.4 is 13.6 Å². The Kier molecular flexibility index (Phi) is 8.91. The van der Waals surface area contributed by atoms with E-state index in [0.29, 0.717) is 0 Å². The topological polar surface area (TPSA) is 0 Å². The number of rotatable bonds is 7. The molecule has 0 aromatic heterocycles. The zero-order chi connectivity index (χ0) is 37.5. The maximum absolute atomic E-state index is 9.28. The molecule has 1 aliphatic heterocycles. The number of allylic oxidation sites excluding steroid dienone is 2. The van der Waals surface area contributed by atoms with E-state index in [0.717, 1.165) is 0 Å². The Morgan fingerprint density at radius 2 is 0.981 bits per heavy atom. The Bertz CT molecular complexity index is 2420. The second kappa shape index (κ2) is 13.3. The second-order valence-corrected chi connectivity index (χ2v) is 39.0. The van der Waals surface area contributed by atoms with E-state index in [1.807, 2.05) is 0 Å². The van der Waals surface area contributed by atoms with Crippen LogP contribution in [0.2, 0.25) is 0 Å². The molecule has 2 atom stereocenters. The van der Waals surface area contributed by atoms with Crippen molar-refractivity contribution in [2.24, 2.45) is 11.8 Å². The van der Waals surface area contributed by atoms with Crippen molar-refractivity contribution in [1.82, 2.24) is 0 Å². The quantitative estimate of drug-likeness (QED) is 0.140. The molecule has 0 N–H and O–H groups in total. The average Bonchev–Trinajstić information content (AvgIpc) is 3.88. The molecule has 4 heteroatoms. The van der Waals surface area contributed by atoms with Gasteiger partial charge in [0.25, 0.3) is 0 Å². The molecule has 0 radical (unpaired) electrons. The van der Waals surface area contributed by atoms with E-state index in [2.05, 4.69) is 181 Å². The SMILES string of the molecule is Cc1ccc2c(c1-c1ccccc1)C=C(C(C)C)[CH]2[Zr]([Cl])([Cl])([c]1cccc2c1[SiH2]c1ccccc1-2)[CH]1C(C(C)C)=Cc2c1ccc(C)c2-c1ccccc1. The number of hydrogen-bond donors (Lipinski definition) is 0. The second-order valence-electron chi connectivity index (χ2n) is 16.5. The zero-order valence-corrected chi connectivity index (χ0v) is 37.4. The van der Waals surface area contributed by atoms with Gasteiger partial charge in [0.05, 0.1) is 0 Å². The van der Waals surface area contributed by atoms with Gasteiger partial charge >= 0.3 is 335 Å². The van der Waals surface area contributed by atoms with Crippen LogP contribution in [-0.2, 0) is 16.4 Å². The molecule has 9 rings (SSSR count). The molecular formula is C50H47Cl2SiZr. The first-order valence-corrected chi connectivity index (χ1v) is 31.4. The molecule has 0 fully saturated rings. The Balaban J connectivity index is 1.40. The molecule has 269 valence electrons. The van der Waals surface area contributed by atoms with E-state index in [4.69, 9.17) is 0 Å². The van der Waals surface area contributed by atoms with Crippen molar-refractivity contribution in [2.75, 3.05) is 0 Å². The first-order chi connectivity index (χ1) is 26.0. The summed E-state index contributed by atoms with van der Waals surface area (Å²) in [5, 5.41) is 2.96. The number of aryl methyl sites for hydroxylation is 2. The molecule has 2 aliphatic carbocycles. The molecular weight excluding hydrogens is 791 g/mol. The molecule has 2 unspecified atom stereocenters. The molecule has 6 aromatic carbocycles. The summed E-state index contributed by atoms with van der Waals surface area (Å²) in [4.78, 5) is 0. The summed E-state index contributed by atoms with van der Waals surface area (Å²) in [6.07, 6.45) is 5.01. The van der Waals surface area contributed by atoms with E-state index in [9.17, 15) is 17.0 Å². The monoisotopic (exact) mass is 835 g/mol.